The van der Waals surface area contributed by atoms with Crippen molar-refractivity contribution in [2.75, 3.05) is 12.0 Å². The van der Waals surface area contributed by atoms with Crippen LogP contribution >= 0.6 is 0 Å². The van der Waals surface area contributed by atoms with E-state index in [1.54, 1.807) is 12.1 Å². The highest BCUT2D eigenvalue weighted by Gasteiger charge is 2.20. The molecule has 5 nitrogen and oxygen atoms in total. The first-order valence-electron chi connectivity index (χ1n) is 6.86. The minimum Gasteiger partial charge on any atom is -0.369 e. The van der Waals surface area contributed by atoms with E-state index in [4.69, 9.17) is 5.73 Å². The molecule has 6 heteroatoms. The Bertz CT molecular complexity index is 719. The van der Waals surface area contributed by atoms with Gasteiger partial charge in [0.2, 0.25) is 5.95 Å². The molecule has 1 heterocycles. The van der Waals surface area contributed by atoms with Gasteiger partial charge in [0.15, 0.2) is 9.84 Å². The maximum Gasteiger partial charge on any atom is 0.201 e. The molecule has 2 N–H and O–H groups in total. The number of para-hydroxylation sites is 1. The quantitative estimate of drug-likeness (QED) is 0.920. The molecular formula is C14H21N3O2S. The number of nitrogen functional groups attached to an aromatic ring is 1. The summed E-state index contributed by atoms with van der Waals surface area (Å²) in [5, 5.41) is 0. The monoisotopic (exact) mass is 295 g/mol. The molecule has 0 aliphatic rings. The average Bonchev–Trinajstić information content (AvgIpc) is 2.70. The first kappa shape index (κ1) is 14.8. The van der Waals surface area contributed by atoms with Crippen LogP contribution in [-0.2, 0) is 9.84 Å². The zero-order valence-electron chi connectivity index (χ0n) is 12.1. The molecule has 0 fully saturated rings. The van der Waals surface area contributed by atoms with Crippen LogP contribution in [0.3, 0.4) is 0 Å². The fourth-order valence-corrected chi connectivity index (χ4v) is 3.47. The summed E-state index contributed by atoms with van der Waals surface area (Å²) in [6, 6.07) is 5.45. The van der Waals surface area contributed by atoms with E-state index in [2.05, 4.69) is 18.8 Å². The predicted molar refractivity (Wildman–Crippen MR) is 81.5 cm³/mol. The Kier molecular flexibility index (Phi) is 4.04. The van der Waals surface area contributed by atoms with E-state index in [1.165, 1.54) is 6.26 Å². The molecule has 0 aliphatic carbocycles. The van der Waals surface area contributed by atoms with Crippen molar-refractivity contribution in [2.24, 2.45) is 0 Å². The van der Waals surface area contributed by atoms with Crippen molar-refractivity contribution in [1.29, 1.82) is 0 Å². The summed E-state index contributed by atoms with van der Waals surface area (Å²) in [4.78, 5) is 4.53. The maximum atomic E-state index is 11.8. The standard InChI is InChI=1S/C14H21N3O2S/c1-4-7-10(5-2)17-11-8-6-9-12(20(3,18)19)13(11)16-14(17)15/h6,8-10H,4-5,7H2,1-3H3,(H2,15,16). The molecule has 0 radical (unpaired) electrons. The summed E-state index contributed by atoms with van der Waals surface area (Å²) in [5.74, 6) is 0.386. The molecule has 2 aromatic rings. The minimum atomic E-state index is -3.31. The van der Waals surface area contributed by atoms with Crippen LogP contribution in [0, 0.1) is 0 Å². The molecule has 2 rings (SSSR count). The number of imidazole rings is 1. The van der Waals surface area contributed by atoms with Gasteiger partial charge < -0.3 is 10.3 Å². The Morgan fingerprint density at radius 3 is 2.60 bits per heavy atom. The predicted octanol–water partition coefficient (Wildman–Crippen LogP) is 2.77. The van der Waals surface area contributed by atoms with Crippen molar-refractivity contribution in [3.05, 3.63) is 18.2 Å². The van der Waals surface area contributed by atoms with Crippen LogP contribution in [0.2, 0.25) is 0 Å². The van der Waals surface area contributed by atoms with Gasteiger partial charge in [-0.3, -0.25) is 0 Å². The minimum absolute atomic E-state index is 0.242. The normalized spacial score (nSPS) is 13.8. The van der Waals surface area contributed by atoms with Crippen LogP contribution in [0.5, 0.6) is 0 Å². The Hall–Kier alpha value is -1.56. The van der Waals surface area contributed by atoms with Gasteiger partial charge in [0.05, 0.1) is 10.4 Å². The summed E-state index contributed by atoms with van der Waals surface area (Å²) in [6.07, 6.45) is 4.17. The average molecular weight is 295 g/mol. The van der Waals surface area contributed by atoms with Crippen LogP contribution in [0.25, 0.3) is 11.0 Å². The van der Waals surface area contributed by atoms with Gasteiger partial charge in [-0.2, -0.15) is 0 Å². The van der Waals surface area contributed by atoms with Gasteiger partial charge in [0.1, 0.15) is 5.52 Å². The molecule has 1 aromatic heterocycles. The summed E-state index contributed by atoms with van der Waals surface area (Å²) in [7, 11) is -3.31. The molecule has 0 spiro atoms. The number of fused-ring (bicyclic) bond motifs is 1. The highest BCUT2D eigenvalue weighted by Crippen LogP contribution is 2.30. The zero-order valence-corrected chi connectivity index (χ0v) is 12.9. The number of anilines is 1. The topological polar surface area (TPSA) is 78.0 Å². The lowest BCUT2D eigenvalue weighted by Crippen LogP contribution is -2.11. The summed E-state index contributed by atoms with van der Waals surface area (Å²) < 4.78 is 25.7. The third kappa shape index (κ3) is 2.52. The van der Waals surface area contributed by atoms with Crippen molar-refractivity contribution in [2.45, 2.75) is 44.0 Å². The second-order valence-electron chi connectivity index (χ2n) is 5.09. The van der Waals surface area contributed by atoms with Gasteiger partial charge in [-0.15, -0.1) is 0 Å². The van der Waals surface area contributed by atoms with Crippen molar-refractivity contribution in [3.8, 4) is 0 Å². The molecule has 1 unspecified atom stereocenters. The van der Waals surface area contributed by atoms with Crippen LogP contribution < -0.4 is 5.73 Å². The van der Waals surface area contributed by atoms with Crippen molar-refractivity contribution in [3.63, 3.8) is 0 Å². The van der Waals surface area contributed by atoms with Crippen LogP contribution in [0.4, 0.5) is 5.95 Å². The first-order chi connectivity index (χ1) is 9.40. The van der Waals surface area contributed by atoms with E-state index in [1.807, 2.05) is 10.6 Å². The maximum absolute atomic E-state index is 11.8. The zero-order chi connectivity index (χ0) is 14.9. The van der Waals surface area contributed by atoms with E-state index in [0.29, 0.717) is 11.5 Å². The third-order valence-electron chi connectivity index (χ3n) is 3.57. The SMILES string of the molecule is CCCC(CC)n1c(N)nc2c(S(C)(=O)=O)cccc21. The van der Waals surface area contributed by atoms with Crippen molar-refractivity contribution >= 4 is 26.8 Å². The van der Waals surface area contributed by atoms with Gasteiger partial charge in [0, 0.05) is 12.3 Å². The first-order valence-corrected chi connectivity index (χ1v) is 8.75. The second-order valence-corrected chi connectivity index (χ2v) is 7.07. The molecule has 110 valence electrons. The Labute approximate surface area is 119 Å². The molecule has 20 heavy (non-hydrogen) atoms. The molecule has 0 amide bonds. The number of benzene rings is 1. The van der Waals surface area contributed by atoms with Gasteiger partial charge in [-0.1, -0.05) is 26.3 Å². The van der Waals surface area contributed by atoms with Gasteiger partial charge in [-0.25, -0.2) is 13.4 Å². The van der Waals surface area contributed by atoms with Crippen molar-refractivity contribution < 1.29 is 8.42 Å². The van der Waals surface area contributed by atoms with Gasteiger partial charge in [-0.05, 0) is 25.0 Å². The van der Waals surface area contributed by atoms with Crippen LogP contribution in [0.1, 0.15) is 39.2 Å². The number of nitrogens with zero attached hydrogens (tertiary/aromatic N) is 2. The highest BCUT2D eigenvalue weighted by atomic mass is 32.2. The lowest BCUT2D eigenvalue weighted by molar-refractivity contribution is 0.463. The summed E-state index contributed by atoms with van der Waals surface area (Å²) in [5.41, 5.74) is 7.30. The molecule has 1 aromatic carbocycles. The lowest BCUT2D eigenvalue weighted by Gasteiger charge is -2.18. The molecule has 0 saturated carbocycles. The van der Waals surface area contributed by atoms with Crippen LogP contribution in [-0.4, -0.2) is 24.2 Å². The van der Waals surface area contributed by atoms with E-state index in [9.17, 15) is 8.42 Å². The smallest absolute Gasteiger partial charge is 0.201 e. The summed E-state index contributed by atoms with van der Waals surface area (Å²) in [6.45, 7) is 4.23. The largest absolute Gasteiger partial charge is 0.369 e. The molecule has 1 atom stereocenters. The summed E-state index contributed by atoms with van der Waals surface area (Å²) >= 11 is 0. The molecule has 0 bridgehead atoms. The fraction of sp³-hybridized carbons (Fsp3) is 0.500. The molecule has 0 aliphatic heterocycles. The number of rotatable bonds is 5. The van der Waals surface area contributed by atoms with Gasteiger partial charge in [0.25, 0.3) is 0 Å². The Morgan fingerprint density at radius 2 is 2.05 bits per heavy atom. The Morgan fingerprint density at radius 1 is 1.35 bits per heavy atom. The van der Waals surface area contributed by atoms with E-state index < -0.39 is 9.84 Å². The number of sulfone groups is 1. The highest BCUT2D eigenvalue weighted by molar-refractivity contribution is 7.91. The fourth-order valence-electron chi connectivity index (χ4n) is 2.64. The Balaban J connectivity index is 2.73. The van der Waals surface area contributed by atoms with E-state index >= 15 is 0 Å². The number of hydrogen-bond donors (Lipinski definition) is 1. The van der Waals surface area contributed by atoms with Crippen molar-refractivity contribution in [1.82, 2.24) is 9.55 Å². The van der Waals surface area contributed by atoms with E-state index in [-0.39, 0.29) is 10.9 Å². The lowest BCUT2D eigenvalue weighted by atomic mass is 10.1. The number of hydrogen-bond acceptors (Lipinski definition) is 4. The van der Waals surface area contributed by atoms with Gasteiger partial charge >= 0.3 is 0 Å². The second kappa shape index (κ2) is 5.44. The number of aromatic nitrogens is 2. The molecule has 0 saturated heterocycles. The van der Waals surface area contributed by atoms with Crippen LogP contribution in [0.15, 0.2) is 23.1 Å². The van der Waals surface area contributed by atoms with E-state index in [0.717, 1.165) is 24.8 Å². The molecular weight excluding hydrogens is 274 g/mol. The third-order valence-corrected chi connectivity index (χ3v) is 4.70. The number of nitrogens with two attached hydrogens (primary N) is 1.